The van der Waals surface area contributed by atoms with Crippen molar-refractivity contribution >= 4 is 11.9 Å². The predicted octanol–water partition coefficient (Wildman–Crippen LogP) is 2.88. The smallest absolute Gasteiger partial charge is 0.330 e. The van der Waals surface area contributed by atoms with Gasteiger partial charge in [-0.3, -0.25) is 4.79 Å². The number of ether oxygens (including phenoxy) is 2. The minimum absolute atomic E-state index is 0.256. The minimum atomic E-state index is -1.15. The fourth-order valence-electron chi connectivity index (χ4n) is 2.38. The van der Waals surface area contributed by atoms with E-state index in [0.717, 1.165) is 11.1 Å². The van der Waals surface area contributed by atoms with Gasteiger partial charge in [0.05, 0.1) is 14.2 Å². The average molecular weight is 343 g/mol. The average Bonchev–Trinajstić information content (AvgIpc) is 2.61. The molecule has 0 aliphatic carbocycles. The quantitative estimate of drug-likeness (QED) is 0.842. The van der Waals surface area contributed by atoms with Crippen LogP contribution in [0.4, 0.5) is 0 Å². The number of aryl methyl sites for hydroxylation is 2. The van der Waals surface area contributed by atoms with Crippen LogP contribution in [0, 0.1) is 13.8 Å². The van der Waals surface area contributed by atoms with Crippen LogP contribution in [0.25, 0.3) is 0 Å². The van der Waals surface area contributed by atoms with E-state index in [1.54, 1.807) is 18.2 Å². The van der Waals surface area contributed by atoms with Crippen molar-refractivity contribution in [2.45, 2.75) is 19.9 Å². The molecule has 2 rings (SSSR count). The second kappa shape index (κ2) is 7.70. The van der Waals surface area contributed by atoms with Crippen LogP contribution < -0.4 is 14.8 Å². The van der Waals surface area contributed by atoms with Gasteiger partial charge in [0.1, 0.15) is 11.5 Å². The highest BCUT2D eigenvalue weighted by Crippen LogP contribution is 2.24. The molecule has 0 radical (unpaired) electrons. The zero-order valence-corrected chi connectivity index (χ0v) is 14.6. The van der Waals surface area contributed by atoms with E-state index in [2.05, 4.69) is 5.32 Å². The maximum Gasteiger partial charge on any atom is 0.330 e. The lowest BCUT2D eigenvalue weighted by Gasteiger charge is -2.17. The third kappa shape index (κ3) is 4.29. The van der Waals surface area contributed by atoms with Crippen molar-refractivity contribution in [2.75, 3.05) is 14.2 Å². The third-order valence-electron chi connectivity index (χ3n) is 4.00. The van der Waals surface area contributed by atoms with Crippen LogP contribution in [0.5, 0.6) is 11.5 Å². The molecule has 0 saturated heterocycles. The maximum absolute atomic E-state index is 12.5. The summed E-state index contributed by atoms with van der Waals surface area (Å²) in [5, 5.41) is 12.1. The SMILES string of the molecule is COc1cc(OC)cc(C(=O)NC(C(=O)O)c2ccc(C)c(C)c2)c1. The summed E-state index contributed by atoms with van der Waals surface area (Å²) in [7, 11) is 2.96. The Morgan fingerprint density at radius 1 is 0.960 bits per heavy atom. The zero-order chi connectivity index (χ0) is 18.6. The Hall–Kier alpha value is -3.02. The maximum atomic E-state index is 12.5. The highest BCUT2D eigenvalue weighted by Gasteiger charge is 2.23. The second-order valence-corrected chi connectivity index (χ2v) is 5.69. The van der Waals surface area contributed by atoms with Crippen LogP contribution >= 0.6 is 0 Å². The summed E-state index contributed by atoms with van der Waals surface area (Å²) >= 11 is 0. The third-order valence-corrected chi connectivity index (χ3v) is 4.00. The molecule has 0 heterocycles. The predicted molar refractivity (Wildman–Crippen MR) is 93.3 cm³/mol. The fourth-order valence-corrected chi connectivity index (χ4v) is 2.38. The normalized spacial score (nSPS) is 11.5. The first kappa shape index (κ1) is 18.3. The van der Waals surface area contributed by atoms with Crippen LogP contribution in [-0.2, 0) is 4.79 Å². The molecule has 1 unspecified atom stereocenters. The number of carboxylic acid groups (broad SMARTS) is 1. The largest absolute Gasteiger partial charge is 0.497 e. The molecule has 1 atom stereocenters. The molecule has 2 N–H and O–H groups in total. The molecule has 1 amide bonds. The number of carboxylic acids is 1. The lowest BCUT2D eigenvalue weighted by molar-refractivity contribution is -0.139. The first-order valence-corrected chi connectivity index (χ1v) is 7.69. The van der Waals surface area contributed by atoms with Gasteiger partial charge in [0, 0.05) is 11.6 Å². The molecule has 25 heavy (non-hydrogen) atoms. The van der Waals surface area contributed by atoms with Crippen LogP contribution in [0.1, 0.15) is 33.1 Å². The van der Waals surface area contributed by atoms with E-state index in [0.29, 0.717) is 17.1 Å². The molecule has 0 aliphatic heterocycles. The number of rotatable bonds is 6. The van der Waals surface area contributed by atoms with Gasteiger partial charge in [-0.1, -0.05) is 18.2 Å². The molecule has 2 aromatic carbocycles. The number of hydrogen-bond acceptors (Lipinski definition) is 4. The van der Waals surface area contributed by atoms with Crippen molar-refractivity contribution in [2.24, 2.45) is 0 Å². The first-order chi connectivity index (χ1) is 11.8. The summed E-state index contributed by atoms with van der Waals surface area (Å²) in [4.78, 5) is 24.2. The van der Waals surface area contributed by atoms with Gasteiger partial charge in [0.25, 0.3) is 5.91 Å². The first-order valence-electron chi connectivity index (χ1n) is 7.69. The van der Waals surface area contributed by atoms with E-state index < -0.39 is 17.9 Å². The van der Waals surface area contributed by atoms with E-state index in [1.807, 2.05) is 19.9 Å². The zero-order valence-electron chi connectivity index (χ0n) is 14.6. The number of methoxy groups -OCH3 is 2. The minimum Gasteiger partial charge on any atom is -0.497 e. The molecule has 2 aromatic rings. The molecule has 6 heteroatoms. The van der Waals surface area contributed by atoms with Gasteiger partial charge in [-0.25, -0.2) is 4.79 Å². The van der Waals surface area contributed by atoms with Gasteiger partial charge in [0.15, 0.2) is 6.04 Å². The number of hydrogen-bond donors (Lipinski definition) is 2. The molecule has 6 nitrogen and oxygen atoms in total. The Labute approximate surface area is 146 Å². The lowest BCUT2D eigenvalue weighted by Crippen LogP contribution is -2.33. The lowest BCUT2D eigenvalue weighted by atomic mass is 10.0. The standard InChI is InChI=1S/C19H21NO5/c1-11-5-6-13(7-12(11)2)17(19(22)23)20-18(21)14-8-15(24-3)10-16(9-14)25-4/h5-10,17H,1-4H3,(H,20,21)(H,22,23). The summed E-state index contributed by atoms with van der Waals surface area (Å²) in [6.45, 7) is 3.84. The summed E-state index contributed by atoms with van der Waals surface area (Å²) in [5.74, 6) is -0.764. The van der Waals surface area contributed by atoms with Gasteiger partial charge in [-0.2, -0.15) is 0 Å². The number of nitrogens with one attached hydrogen (secondary N) is 1. The summed E-state index contributed by atoms with van der Waals surface area (Å²) in [6.07, 6.45) is 0. The van der Waals surface area contributed by atoms with Crippen molar-refractivity contribution in [1.82, 2.24) is 5.32 Å². The summed E-state index contributed by atoms with van der Waals surface area (Å²) < 4.78 is 10.3. The topological polar surface area (TPSA) is 84.9 Å². The van der Waals surface area contributed by atoms with Gasteiger partial charge in [-0.05, 0) is 42.7 Å². The second-order valence-electron chi connectivity index (χ2n) is 5.69. The van der Waals surface area contributed by atoms with Crippen molar-refractivity contribution < 1.29 is 24.2 Å². The van der Waals surface area contributed by atoms with Crippen molar-refractivity contribution in [3.8, 4) is 11.5 Å². The molecule has 132 valence electrons. The van der Waals surface area contributed by atoms with Crippen LogP contribution in [0.15, 0.2) is 36.4 Å². The highest BCUT2D eigenvalue weighted by molar-refractivity contribution is 5.97. The van der Waals surface area contributed by atoms with E-state index >= 15 is 0 Å². The molecular formula is C19H21NO5. The van der Waals surface area contributed by atoms with Crippen molar-refractivity contribution in [1.29, 1.82) is 0 Å². The van der Waals surface area contributed by atoms with Gasteiger partial charge in [-0.15, -0.1) is 0 Å². The highest BCUT2D eigenvalue weighted by atomic mass is 16.5. The van der Waals surface area contributed by atoms with E-state index in [-0.39, 0.29) is 5.56 Å². The van der Waals surface area contributed by atoms with Gasteiger partial charge < -0.3 is 19.9 Å². The van der Waals surface area contributed by atoms with Crippen LogP contribution in [0.3, 0.4) is 0 Å². The number of carbonyl (C=O) groups excluding carboxylic acids is 1. The Bertz CT molecular complexity index is 778. The van der Waals surface area contributed by atoms with E-state index in [9.17, 15) is 14.7 Å². The van der Waals surface area contributed by atoms with E-state index in [4.69, 9.17) is 9.47 Å². The summed E-state index contributed by atoms with van der Waals surface area (Å²) in [5.41, 5.74) is 2.78. The Kier molecular flexibility index (Phi) is 5.64. The number of carbonyl (C=O) groups is 2. The number of amides is 1. The number of benzene rings is 2. The fraction of sp³-hybridized carbons (Fsp3) is 0.263. The molecule has 0 aromatic heterocycles. The molecule has 0 spiro atoms. The van der Waals surface area contributed by atoms with Crippen molar-refractivity contribution in [3.05, 3.63) is 58.7 Å². The van der Waals surface area contributed by atoms with Crippen LogP contribution in [-0.4, -0.2) is 31.2 Å². The van der Waals surface area contributed by atoms with Gasteiger partial charge in [0.2, 0.25) is 0 Å². The number of aliphatic carboxylic acids is 1. The molecule has 0 aliphatic rings. The van der Waals surface area contributed by atoms with Gasteiger partial charge >= 0.3 is 5.97 Å². The molecule has 0 saturated carbocycles. The van der Waals surface area contributed by atoms with Crippen LogP contribution in [0.2, 0.25) is 0 Å². The monoisotopic (exact) mass is 343 g/mol. The Balaban J connectivity index is 2.32. The Morgan fingerprint density at radius 3 is 2.04 bits per heavy atom. The summed E-state index contributed by atoms with van der Waals surface area (Å²) in [6, 6.07) is 8.84. The van der Waals surface area contributed by atoms with E-state index in [1.165, 1.54) is 26.4 Å². The van der Waals surface area contributed by atoms with Crippen molar-refractivity contribution in [3.63, 3.8) is 0 Å². The molecular weight excluding hydrogens is 322 g/mol. The Morgan fingerprint density at radius 2 is 1.56 bits per heavy atom. The molecule has 0 bridgehead atoms. The molecule has 0 fully saturated rings.